The summed E-state index contributed by atoms with van der Waals surface area (Å²) in [5.74, 6) is -1.34. The van der Waals surface area contributed by atoms with Gasteiger partial charge in [0.05, 0.1) is 0 Å². The quantitative estimate of drug-likeness (QED) is 0.0369. The van der Waals surface area contributed by atoms with Crippen LogP contribution in [-0.4, -0.2) is 35.6 Å². The molecule has 2 N–H and O–H groups in total. The molecule has 0 radical (unpaired) electrons. The largest absolute Gasteiger partial charge is 0.480 e. The normalized spacial score (nSPS) is 12.3. The summed E-state index contributed by atoms with van der Waals surface area (Å²) in [7, 11) is 0. The fourth-order valence-corrected chi connectivity index (χ4v) is 6.64. The Labute approximate surface area is 327 Å². The van der Waals surface area contributed by atoms with Gasteiger partial charge in [0.25, 0.3) is 0 Å². The molecule has 0 saturated carbocycles. The molecule has 0 fully saturated rings. The number of hydrogen-bond acceptors (Lipinski definition) is 4. The number of amides is 1. The number of carbonyl (C=O) groups is 3. The summed E-state index contributed by atoms with van der Waals surface area (Å²) in [6.07, 6.45) is 53.0. The van der Waals surface area contributed by atoms with Crippen LogP contribution in [0, 0.1) is 0 Å². The second-order valence-corrected chi connectivity index (χ2v) is 15.3. The van der Waals surface area contributed by atoms with Crippen LogP contribution in [-0.2, 0) is 19.1 Å². The number of carboxylic acid groups (broad SMARTS) is 1. The van der Waals surface area contributed by atoms with Crippen molar-refractivity contribution in [2.45, 2.75) is 238 Å². The smallest absolute Gasteiger partial charge is 0.322 e. The fraction of sp³-hybridized carbons (Fsp3) is 0.809. The molecule has 0 aliphatic heterocycles. The third-order valence-electron chi connectivity index (χ3n) is 10.0. The Morgan fingerprint density at radius 1 is 0.509 bits per heavy atom. The summed E-state index contributed by atoms with van der Waals surface area (Å²) >= 11 is 0. The van der Waals surface area contributed by atoms with Gasteiger partial charge in [-0.2, -0.15) is 0 Å². The first-order chi connectivity index (χ1) is 26.0. The van der Waals surface area contributed by atoms with Crippen molar-refractivity contribution in [2.75, 3.05) is 6.54 Å². The third-order valence-corrected chi connectivity index (χ3v) is 10.0. The van der Waals surface area contributed by atoms with E-state index in [4.69, 9.17) is 9.84 Å². The number of allylic oxidation sites excluding steroid dienone is 5. The van der Waals surface area contributed by atoms with Gasteiger partial charge in [0.15, 0.2) is 0 Å². The Morgan fingerprint density at radius 3 is 1.43 bits per heavy atom. The van der Waals surface area contributed by atoms with E-state index in [2.05, 4.69) is 55.6 Å². The predicted molar refractivity (Wildman–Crippen MR) is 226 cm³/mol. The summed E-state index contributed by atoms with van der Waals surface area (Å²) in [4.78, 5) is 35.0. The number of carboxylic acids is 1. The van der Waals surface area contributed by atoms with Gasteiger partial charge < -0.3 is 15.2 Å². The first-order valence-electron chi connectivity index (χ1n) is 22.6. The van der Waals surface area contributed by atoms with Crippen molar-refractivity contribution in [2.24, 2.45) is 0 Å². The summed E-state index contributed by atoms with van der Waals surface area (Å²) in [6, 6.07) is 0. The topological polar surface area (TPSA) is 92.7 Å². The maximum atomic E-state index is 12.7. The van der Waals surface area contributed by atoms with E-state index in [0.717, 1.165) is 57.8 Å². The summed E-state index contributed by atoms with van der Waals surface area (Å²) in [5.41, 5.74) is 0. The lowest BCUT2D eigenvalue weighted by molar-refractivity contribution is -0.147. The summed E-state index contributed by atoms with van der Waals surface area (Å²) < 4.78 is 5.90. The van der Waals surface area contributed by atoms with E-state index in [9.17, 15) is 14.4 Å². The van der Waals surface area contributed by atoms with Crippen molar-refractivity contribution in [1.82, 2.24) is 5.32 Å². The molecule has 1 amide bonds. The predicted octanol–water partition coefficient (Wildman–Crippen LogP) is 14.1. The van der Waals surface area contributed by atoms with Crippen LogP contribution in [0.15, 0.2) is 36.5 Å². The van der Waals surface area contributed by atoms with E-state index in [1.807, 2.05) is 0 Å². The van der Waals surface area contributed by atoms with Crippen molar-refractivity contribution in [3.8, 4) is 0 Å². The van der Waals surface area contributed by atoms with Gasteiger partial charge in [0.2, 0.25) is 5.91 Å². The van der Waals surface area contributed by atoms with Crippen molar-refractivity contribution >= 4 is 17.8 Å². The second-order valence-electron chi connectivity index (χ2n) is 15.3. The van der Waals surface area contributed by atoms with Crippen LogP contribution in [0.4, 0.5) is 0 Å². The van der Waals surface area contributed by atoms with Crippen LogP contribution in [0.5, 0.6) is 0 Å². The molecular formula is C47H85NO5. The molecule has 0 heterocycles. The molecule has 0 aliphatic rings. The zero-order valence-corrected chi connectivity index (χ0v) is 34.9. The van der Waals surface area contributed by atoms with Crippen molar-refractivity contribution in [1.29, 1.82) is 0 Å². The number of esters is 1. The SMILES string of the molecule is CCCCCC/C=C\C/C=C\C(CCCCCCC(=O)NCC(=O)O)OC(=O)CCCCCCCCCCCCC/C=C\CCCCCCCCCC. The highest BCUT2D eigenvalue weighted by Gasteiger charge is 2.12. The lowest BCUT2D eigenvalue weighted by Crippen LogP contribution is -2.28. The van der Waals surface area contributed by atoms with Crippen molar-refractivity contribution in [3.05, 3.63) is 36.5 Å². The number of nitrogens with one attached hydrogen (secondary N) is 1. The first kappa shape index (κ1) is 50.6. The molecule has 1 atom stereocenters. The molecule has 0 aromatic rings. The Morgan fingerprint density at radius 2 is 0.925 bits per heavy atom. The Hall–Kier alpha value is -2.37. The fourth-order valence-electron chi connectivity index (χ4n) is 6.64. The van der Waals surface area contributed by atoms with E-state index in [1.54, 1.807) is 0 Å². The van der Waals surface area contributed by atoms with Gasteiger partial charge in [-0.05, 0) is 76.7 Å². The second kappa shape index (κ2) is 42.4. The molecular weight excluding hydrogens is 659 g/mol. The van der Waals surface area contributed by atoms with E-state index in [0.29, 0.717) is 12.8 Å². The maximum absolute atomic E-state index is 12.7. The molecule has 0 spiro atoms. The van der Waals surface area contributed by atoms with Crippen LogP contribution in [0.25, 0.3) is 0 Å². The molecule has 308 valence electrons. The number of rotatable bonds is 41. The van der Waals surface area contributed by atoms with E-state index in [1.165, 1.54) is 148 Å². The third kappa shape index (κ3) is 42.2. The first-order valence-corrected chi connectivity index (χ1v) is 22.6. The number of carbonyl (C=O) groups excluding carboxylic acids is 2. The number of ether oxygens (including phenoxy) is 1. The van der Waals surface area contributed by atoms with Crippen LogP contribution in [0.3, 0.4) is 0 Å². The Balaban J connectivity index is 3.99. The average Bonchev–Trinajstić information content (AvgIpc) is 3.14. The Bertz CT molecular complexity index is 911. The van der Waals surface area contributed by atoms with Crippen LogP contribution in [0.1, 0.15) is 232 Å². The van der Waals surface area contributed by atoms with Gasteiger partial charge in [-0.25, -0.2) is 0 Å². The van der Waals surface area contributed by atoms with Gasteiger partial charge in [0.1, 0.15) is 12.6 Å². The molecule has 6 heteroatoms. The number of aliphatic carboxylic acids is 1. The lowest BCUT2D eigenvalue weighted by Gasteiger charge is -2.14. The molecule has 1 unspecified atom stereocenters. The average molecular weight is 744 g/mol. The zero-order chi connectivity index (χ0) is 38.7. The van der Waals surface area contributed by atoms with Crippen LogP contribution < -0.4 is 5.32 Å². The Kier molecular flexibility index (Phi) is 40.5. The lowest BCUT2D eigenvalue weighted by atomic mass is 10.0. The van der Waals surface area contributed by atoms with Crippen LogP contribution in [0.2, 0.25) is 0 Å². The van der Waals surface area contributed by atoms with Crippen molar-refractivity contribution in [3.63, 3.8) is 0 Å². The van der Waals surface area contributed by atoms with Gasteiger partial charge >= 0.3 is 11.9 Å². The number of hydrogen-bond donors (Lipinski definition) is 2. The van der Waals surface area contributed by atoms with Gasteiger partial charge in [-0.3, -0.25) is 14.4 Å². The van der Waals surface area contributed by atoms with Gasteiger partial charge in [-0.15, -0.1) is 0 Å². The van der Waals surface area contributed by atoms with Gasteiger partial charge in [-0.1, -0.05) is 179 Å². The molecule has 53 heavy (non-hydrogen) atoms. The molecule has 0 rings (SSSR count). The maximum Gasteiger partial charge on any atom is 0.322 e. The highest BCUT2D eigenvalue weighted by atomic mass is 16.5. The zero-order valence-electron chi connectivity index (χ0n) is 34.9. The monoisotopic (exact) mass is 744 g/mol. The minimum Gasteiger partial charge on any atom is -0.480 e. The van der Waals surface area contributed by atoms with E-state index in [-0.39, 0.29) is 24.5 Å². The molecule has 6 nitrogen and oxygen atoms in total. The summed E-state index contributed by atoms with van der Waals surface area (Å²) in [6.45, 7) is 4.19. The highest BCUT2D eigenvalue weighted by Crippen LogP contribution is 2.16. The van der Waals surface area contributed by atoms with E-state index < -0.39 is 5.97 Å². The molecule has 0 saturated heterocycles. The standard InChI is InChI=1S/C47H85NO5/c1-3-5-7-9-11-13-14-15-16-17-18-19-20-21-22-23-24-25-26-28-30-32-38-42-47(52)53-44(39-35-31-29-27-12-10-8-6-4-2)40-36-33-34-37-41-45(49)48-43-46(50)51/h17-18,27,29,35,39,44H,3-16,19-26,28,30-34,36-38,40-43H2,1-2H3,(H,48,49)(H,50,51)/b18-17-,29-27-,39-35-. The minimum atomic E-state index is -1.03. The summed E-state index contributed by atoms with van der Waals surface area (Å²) in [5, 5.41) is 11.1. The van der Waals surface area contributed by atoms with Gasteiger partial charge in [0, 0.05) is 12.8 Å². The molecule has 0 aromatic carbocycles. The van der Waals surface area contributed by atoms with Crippen molar-refractivity contribution < 1.29 is 24.2 Å². The molecule has 0 bridgehead atoms. The number of unbranched alkanes of at least 4 members (excludes halogenated alkanes) is 26. The highest BCUT2D eigenvalue weighted by molar-refractivity contribution is 5.80. The van der Waals surface area contributed by atoms with E-state index >= 15 is 0 Å². The molecule has 0 aliphatic carbocycles. The van der Waals surface area contributed by atoms with Crippen LogP contribution >= 0.6 is 0 Å². The molecule has 0 aromatic heterocycles. The minimum absolute atomic E-state index is 0.0970.